The number of carbonyl (C=O) groups is 2. The fourth-order valence-electron chi connectivity index (χ4n) is 2.21. The molecule has 2 rings (SSSR count). The normalized spacial score (nSPS) is 18.6. The minimum Gasteiger partial charge on any atom is -0.312 e. The molecule has 1 aromatic rings. The fourth-order valence-corrected chi connectivity index (χ4v) is 2.21. The monoisotopic (exact) mass is 316 g/mol. The third kappa shape index (κ3) is 3.56. The summed E-state index contributed by atoms with van der Waals surface area (Å²) in [6.07, 6.45) is -4.54. The van der Waals surface area contributed by atoms with Gasteiger partial charge in [0.15, 0.2) is 0 Å². The van der Waals surface area contributed by atoms with E-state index in [0.717, 1.165) is 12.1 Å². The van der Waals surface area contributed by atoms with Gasteiger partial charge < -0.3 is 4.90 Å². The highest BCUT2D eigenvalue weighted by atomic mass is 19.4. The Labute approximate surface area is 125 Å². The Bertz CT molecular complexity index is 575. The zero-order chi connectivity index (χ0) is 16.3. The molecule has 1 unspecified atom stereocenters. The molecule has 1 fully saturated rings. The standard InChI is InChI=1S/C14H15F3N2O3/c1-2-22-18-13(21)9-6-12(20)19(8-9)11-5-3-4-10(7-11)14(15,16)17/h3-5,7,9H,2,6,8H2,1H3,(H,18,21). The van der Waals surface area contributed by atoms with Crippen molar-refractivity contribution in [2.24, 2.45) is 5.92 Å². The molecule has 1 N–H and O–H groups in total. The van der Waals surface area contributed by atoms with Crippen molar-refractivity contribution in [3.63, 3.8) is 0 Å². The molecule has 0 radical (unpaired) electrons. The number of hydroxylamine groups is 1. The van der Waals surface area contributed by atoms with E-state index in [0.29, 0.717) is 0 Å². The SMILES string of the molecule is CCONC(=O)C1CC(=O)N(c2cccc(C(F)(F)F)c2)C1. The Hall–Kier alpha value is -2.09. The number of anilines is 1. The van der Waals surface area contributed by atoms with E-state index in [1.54, 1.807) is 6.92 Å². The van der Waals surface area contributed by atoms with Crippen molar-refractivity contribution >= 4 is 17.5 Å². The van der Waals surface area contributed by atoms with E-state index in [-0.39, 0.29) is 25.3 Å². The average molecular weight is 316 g/mol. The van der Waals surface area contributed by atoms with E-state index >= 15 is 0 Å². The highest BCUT2D eigenvalue weighted by Gasteiger charge is 2.37. The maximum absolute atomic E-state index is 12.7. The van der Waals surface area contributed by atoms with Crippen molar-refractivity contribution in [1.82, 2.24) is 5.48 Å². The summed E-state index contributed by atoms with van der Waals surface area (Å²) < 4.78 is 38.1. The van der Waals surface area contributed by atoms with Crippen LogP contribution in [0, 0.1) is 5.92 Å². The van der Waals surface area contributed by atoms with Crippen LogP contribution in [0.5, 0.6) is 0 Å². The van der Waals surface area contributed by atoms with Crippen LogP contribution in [0.15, 0.2) is 24.3 Å². The van der Waals surface area contributed by atoms with Crippen LogP contribution in [0.25, 0.3) is 0 Å². The summed E-state index contributed by atoms with van der Waals surface area (Å²) in [5.41, 5.74) is 1.50. The van der Waals surface area contributed by atoms with Gasteiger partial charge in [0.2, 0.25) is 11.8 Å². The Balaban J connectivity index is 2.13. The lowest BCUT2D eigenvalue weighted by Crippen LogP contribution is -2.33. The summed E-state index contributed by atoms with van der Waals surface area (Å²) in [5.74, 6) is -1.49. The van der Waals surface area contributed by atoms with E-state index in [9.17, 15) is 22.8 Å². The topological polar surface area (TPSA) is 58.6 Å². The number of hydrogen-bond acceptors (Lipinski definition) is 3. The molecule has 22 heavy (non-hydrogen) atoms. The van der Waals surface area contributed by atoms with Crippen molar-refractivity contribution in [2.75, 3.05) is 18.1 Å². The molecule has 0 spiro atoms. The molecule has 1 atom stereocenters. The fraction of sp³-hybridized carbons (Fsp3) is 0.429. The van der Waals surface area contributed by atoms with Gasteiger partial charge in [0.05, 0.1) is 18.1 Å². The number of hydrogen-bond donors (Lipinski definition) is 1. The van der Waals surface area contributed by atoms with Gasteiger partial charge in [0.25, 0.3) is 0 Å². The Morgan fingerprint density at radius 1 is 1.45 bits per heavy atom. The number of halogens is 3. The first-order chi connectivity index (χ1) is 10.3. The third-order valence-electron chi connectivity index (χ3n) is 3.30. The lowest BCUT2D eigenvalue weighted by Gasteiger charge is -2.18. The molecule has 1 saturated heterocycles. The Morgan fingerprint density at radius 2 is 2.18 bits per heavy atom. The molecule has 120 valence electrons. The lowest BCUT2D eigenvalue weighted by atomic mass is 10.1. The second-order valence-corrected chi connectivity index (χ2v) is 4.85. The first-order valence-corrected chi connectivity index (χ1v) is 6.72. The highest BCUT2D eigenvalue weighted by Crippen LogP contribution is 2.33. The predicted octanol–water partition coefficient (Wildman–Crippen LogP) is 2.13. The molecule has 1 aliphatic heterocycles. The number of carbonyl (C=O) groups excluding carboxylic acids is 2. The first-order valence-electron chi connectivity index (χ1n) is 6.72. The van der Waals surface area contributed by atoms with Gasteiger partial charge in [-0.1, -0.05) is 6.07 Å². The van der Waals surface area contributed by atoms with Gasteiger partial charge in [-0.15, -0.1) is 0 Å². The van der Waals surface area contributed by atoms with Crippen LogP contribution < -0.4 is 10.4 Å². The smallest absolute Gasteiger partial charge is 0.312 e. The second kappa shape index (κ2) is 6.35. The van der Waals surface area contributed by atoms with Gasteiger partial charge in [-0.2, -0.15) is 13.2 Å². The van der Waals surface area contributed by atoms with E-state index < -0.39 is 29.5 Å². The predicted molar refractivity (Wildman–Crippen MR) is 71.7 cm³/mol. The van der Waals surface area contributed by atoms with Gasteiger partial charge in [0.1, 0.15) is 0 Å². The van der Waals surface area contributed by atoms with Gasteiger partial charge in [-0.25, -0.2) is 5.48 Å². The second-order valence-electron chi connectivity index (χ2n) is 4.85. The van der Waals surface area contributed by atoms with Crippen LogP contribution >= 0.6 is 0 Å². The van der Waals surface area contributed by atoms with Crippen molar-refractivity contribution in [1.29, 1.82) is 0 Å². The van der Waals surface area contributed by atoms with Crippen molar-refractivity contribution < 1.29 is 27.6 Å². The minimum atomic E-state index is -4.48. The molecule has 1 aromatic carbocycles. The maximum atomic E-state index is 12.7. The minimum absolute atomic E-state index is 0.0268. The van der Waals surface area contributed by atoms with E-state index in [4.69, 9.17) is 4.84 Å². The van der Waals surface area contributed by atoms with Crippen molar-refractivity contribution in [3.8, 4) is 0 Å². The molecule has 0 bridgehead atoms. The molecule has 2 amide bonds. The van der Waals surface area contributed by atoms with E-state index in [2.05, 4.69) is 5.48 Å². The van der Waals surface area contributed by atoms with Crippen LogP contribution in [0.1, 0.15) is 18.9 Å². The van der Waals surface area contributed by atoms with Crippen molar-refractivity contribution in [3.05, 3.63) is 29.8 Å². The van der Waals surface area contributed by atoms with E-state index in [1.165, 1.54) is 17.0 Å². The quantitative estimate of drug-likeness (QED) is 0.866. The number of rotatable bonds is 4. The van der Waals surface area contributed by atoms with Crippen LogP contribution in [0.4, 0.5) is 18.9 Å². The number of amides is 2. The number of nitrogens with zero attached hydrogens (tertiary/aromatic N) is 1. The van der Waals surface area contributed by atoms with Crippen LogP contribution in [0.2, 0.25) is 0 Å². The zero-order valence-electron chi connectivity index (χ0n) is 11.8. The highest BCUT2D eigenvalue weighted by molar-refractivity contribution is 6.00. The summed E-state index contributed by atoms with van der Waals surface area (Å²) in [4.78, 5) is 29.7. The summed E-state index contributed by atoms with van der Waals surface area (Å²) in [5, 5.41) is 0. The molecule has 1 aliphatic rings. The largest absolute Gasteiger partial charge is 0.416 e. The van der Waals surface area contributed by atoms with Gasteiger partial charge in [0, 0.05) is 18.7 Å². The number of alkyl halides is 3. The molecule has 1 heterocycles. The van der Waals surface area contributed by atoms with Crippen LogP contribution in [0.3, 0.4) is 0 Å². The Morgan fingerprint density at radius 3 is 2.82 bits per heavy atom. The summed E-state index contributed by atoms with van der Waals surface area (Å²) in [6, 6.07) is 4.49. The van der Waals surface area contributed by atoms with E-state index in [1.807, 2.05) is 0 Å². The molecular formula is C14H15F3N2O3. The molecule has 0 aliphatic carbocycles. The summed E-state index contributed by atoms with van der Waals surface area (Å²) in [7, 11) is 0. The first kappa shape index (κ1) is 16.3. The summed E-state index contributed by atoms with van der Waals surface area (Å²) >= 11 is 0. The van der Waals surface area contributed by atoms with Crippen LogP contribution in [-0.2, 0) is 20.6 Å². The molecule has 5 nitrogen and oxygen atoms in total. The summed E-state index contributed by atoms with van der Waals surface area (Å²) in [6.45, 7) is 2.00. The van der Waals surface area contributed by atoms with Crippen molar-refractivity contribution in [2.45, 2.75) is 19.5 Å². The number of benzene rings is 1. The lowest BCUT2D eigenvalue weighted by molar-refractivity contribution is -0.138. The molecule has 0 aromatic heterocycles. The van der Waals surface area contributed by atoms with Gasteiger partial charge >= 0.3 is 6.18 Å². The van der Waals surface area contributed by atoms with Gasteiger partial charge in [-0.05, 0) is 25.1 Å². The zero-order valence-corrected chi connectivity index (χ0v) is 11.8. The van der Waals surface area contributed by atoms with Crippen LogP contribution in [-0.4, -0.2) is 25.0 Å². The molecule has 0 saturated carbocycles. The average Bonchev–Trinajstić information content (AvgIpc) is 2.86. The maximum Gasteiger partial charge on any atom is 0.416 e. The number of nitrogens with one attached hydrogen (secondary N) is 1. The Kier molecular flexibility index (Phi) is 4.70. The third-order valence-corrected chi connectivity index (χ3v) is 3.30. The van der Waals surface area contributed by atoms with Gasteiger partial charge in [-0.3, -0.25) is 14.4 Å². The molecular weight excluding hydrogens is 301 g/mol. The molecule has 8 heteroatoms.